The van der Waals surface area contributed by atoms with E-state index in [2.05, 4.69) is 12.2 Å². The Balaban J connectivity index is 1.88. The average molecular weight is 253 g/mol. The molecular formula is C13H17ClN2O. The third-order valence-corrected chi connectivity index (χ3v) is 3.38. The van der Waals surface area contributed by atoms with E-state index < -0.39 is 0 Å². The zero-order chi connectivity index (χ0) is 12.3. The van der Waals surface area contributed by atoms with Crippen LogP contribution in [-0.4, -0.2) is 23.5 Å². The summed E-state index contributed by atoms with van der Waals surface area (Å²) in [6.45, 7) is 3.48. The van der Waals surface area contributed by atoms with Crippen molar-refractivity contribution in [2.75, 3.05) is 6.54 Å². The zero-order valence-electron chi connectivity index (χ0n) is 9.95. The SMILES string of the molecule is CC1CCCN1C(=O)NCc1cccc(Cl)c1. The van der Waals surface area contributed by atoms with Crippen LogP contribution in [0.5, 0.6) is 0 Å². The summed E-state index contributed by atoms with van der Waals surface area (Å²) in [5.74, 6) is 0. The fourth-order valence-corrected chi connectivity index (χ4v) is 2.37. The molecule has 1 N–H and O–H groups in total. The number of likely N-dealkylation sites (tertiary alicyclic amines) is 1. The molecule has 3 nitrogen and oxygen atoms in total. The van der Waals surface area contributed by atoms with Crippen LogP contribution in [0.15, 0.2) is 24.3 Å². The maximum absolute atomic E-state index is 11.9. The van der Waals surface area contributed by atoms with Crippen molar-refractivity contribution in [1.29, 1.82) is 0 Å². The molecule has 1 saturated heterocycles. The average Bonchev–Trinajstić information content (AvgIpc) is 2.72. The third-order valence-electron chi connectivity index (χ3n) is 3.15. The summed E-state index contributed by atoms with van der Waals surface area (Å²) in [6.07, 6.45) is 2.20. The van der Waals surface area contributed by atoms with E-state index in [1.54, 1.807) is 0 Å². The topological polar surface area (TPSA) is 32.3 Å². The van der Waals surface area contributed by atoms with E-state index in [1.165, 1.54) is 0 Å². The maximum atomic E-state index is 11.9. The van der Waals surface area contributed by atoms with E-state index in [-0.39, 0.29) is 6.03 Å². The molecule has 92 valence electrons. The number of urea groups is 1. The van der Waals surface area contributed by atoms with Crippen molar-refractivity contribution in [2.24, 2.45) is 0 Å². The Kier molecular flexibility index (Phi) is 3.89. The number of carbonyl (C=O) groups excluding carboxylic acids is 1. The second-order valence-electron chi connectivity index (χ2n) is 4.47. The molecule has 0 spiro atoms. The Morgan fingerprint density at radius 2 is 2.41 bits per heavy atom. The Bertz CT molecular complexity index is 408. The van der Waals surface area contributed by atoms with Gasteiger partial charge >= 0.3 is 6.03 Å². The van der Waals surface area contributed by atoms with E-state index in [0.717, 1.165) is 24.9 Å². The number of carbonyl (C=O) groups is 1. The van der Waals surface area contributed by atoms with Gasteiger partial charge in [0.15, 0.2) is 0 Å². The molecular weight excluding hydrogens is 236 g/mol. The fourth-order valence-electron chi connectivity index (χ4n) is 2.16. The molecule has 0 aliphatic carbocycles. The van der Waals surface area contributed by atoms with Gasteiger partial charge in [0.1, 0.15) is 0 Å². The van der Waals surface area contributed by atoms with Gasteiger partial charge in [-0.2, -0.15) is 0 Å². The number of benzene rings is 1. The van der Waals surface area contributed by atoms with Crippen molar-refractivity contribution < 1.29 is 4.79 Å². The highest BCUT2D eigenvalue weighted by molar-refractivity contribution is 6.30. The number of nitrogens with one attached hydrogen (secondary N) is 1. The number of amides is 2. The molecule has 1 heterocycles. The van der Waals surface area contributed by atoms with Crippen molar-refractivity contribution in [3.05, 3.63) is 34.9 Å². The van der Waals surface area contributed by atoms with Crippen molar-refractivity contribution >= 4 is 17.6 Å². The molecule has 2 amide bonds. The first-order chi connectivity index (χ1) is 8.16. The van der Waals surface area contributed by atoms with Crippen molar-refractivity contribution in [2.45, 2.75) is 32.4 Å². The zero-order valence-corrected chi connectivity index (χ0v) is 10.7. The maximum Gasteiger partial charge on any atom is 0.317 e. The minimum atomic E-state index is 0.0231. The number of nitrogens with zero attached hydrogens (tertiary/aromatic N) is 1. The Labute approximate surface area is 107 Å². The van der Waals surface area contributed by atoms with E-state index in [4.69, 9.17) is 11.6 Å². The highest BCUT2D eigenvalue weighted by atomic mass is 35.5. The van der Waals surface area contributed by atoms with Crippen LogP contribution < -0.4 is 5.32 Å². The highest BCUT2D eigenvalue weighted by Gasteiger charge is 2.24. The molecule has 0 saturated carbocycles. The van der Waals surface area contributed by atoms with Gasteiger partial charge in [-0.15, -0.1) is 0 Å². The normalized spacial score (nSPS) is 19.4. The summed E-state index contributed by atoms with van der Waals surface area (Å²) in [6, 6.07) is 7.93. The summed E-state index contributed by atoms with van der Waals surface area (Å²) in [7, 11) is 0. The van der Waals surface area contributed by atoms with Crippen LogP contribution in [0.1, 0.15) is 25.3 Å². The molecule has 1 fully saturated rings. The smallest absolute Gasteiger partial charge is 0.317 e. The molecule has 0 aromatic heterocycles. The largest absolute Gasteiger partial charge is 0.334 e. The predicted octanol–water partition coefficient (Wildman–Crippen LogP) is 3.03. The van der Waals surface area contributed by atoms with Gasteiger partial charge < -0.3 is 10.2 Å². The first-order valence-corrected chi connectivity index (χ1v) is 6.33. The first kappa shape index (κ1) is 12.2. The van der Waals surface area contributed by atoms with Crippen LogP contribution in [0.3, 0.4) is 0 Å². The van der Waals surface area contributed by atoms with Crippen LogP contribution in [0.25, 0.3) is 0 Å². The van der Waals surface area contributed by atoms with Gasteiger partial charge in [-0.05, 0) is 37.5 Å². The van der Waals surface area contributed by atoms with Gasteiger partial charge in [0.05, 0.1) is 0 Å². The molecule has 1 unspecified atom stereocenters. The Hall–Kier alpha value is -1.22. The van der Waals surface area contributed by atoms with Gasteiger partial charge in [0, 0.05) is 24.2 Å². The number of hydrogen-bond donors (Lipinski definition) is 1. The van der Waals surface area contributed by atoms with Crippen molar-refractivity contribution in [3.63, 3.8) is 0 Å². The Morgan fingerprint density at radius 3 is 3.06 bits per heavy atom. The lowest BCUT2D eigenvalue weighted by Gasteiger charge is -2.21. The summed E-state index contributed by atoms with van der Waals surface area (Å²) >= 11 is 5.89. The standard InChI is InChI=1S/C13H17ClN2O/c1-10-4-3-7-16(10)13(17)15-9-11-5-2-6-12(14)8-11/h2,5-6,8,10H,3-4,7,9H2,1H3,(H,15,17). The molecule has 0 bridgehead atoms. The first-order valence-electron chi connectivity index (χ1n) is 5.96. The van der Waals surface area contributed by atoms with Crippen LogP contribution in [0, 0.1) is 0 Å². The molecule has 17 heavy (non-hydrogen) atoms. The van der Waals surface area contributed by atoms with Gasteiger partial charge in [-0.3, -0.25) is 0 Å². The summed E-state index contributed by atoms with van der Waals surface area (Å²) in [4.78, 5) is 13.8. The molecule has 1 aromatic carbocycles. The van der Waals surface area contributed by atoms with Crippen molar-refractivity contribution in [3.8, 4) is 0 Å². The minimum absolute atomic E-state index is 0.0231. The molecule has 1 atom stereocenters. The quantitative estimate of drug-likeness (QED) is 0.862. The van der Waals surface area contributed by atoms with Crippen LogP contribution >= 0.6 is 11.6 Å². The lowest BCUT2D eigenvalue weighted by atomic mass is 10.2. The van der Waals surface area contributed by atoms with Crippen LogP contribution in [0.4, 0.5) is 4.79 Å². The van der Waals surface area contributed by atoms with Crippen LogP contribution in [0.2, 0.25) is 5.02 Å². The van der Waals surface area contributed by atoms with E-state index in [1.807, 2.05) is 29.2 Å². The van der Waals surface area contributed by atoms with E-state index in [0.29, 0.717) is 17.6 Å². The van der Waals surface area contributed by atoms with Gasteiger partial charge in [0.2, 0.25) is 0 Å². The lowest BCUT2D eigenvalue weighted by molar-refractivity contribution is 0.195. The molecule has 4 heteroatoms. The molecule has 1 aliphatic rings. The number of halogens is 1. The molecule has 1 aromatic rings. The van der Waals surface area contributed by atoms with Crippen LogP contribution in [-0.2, 0) is 6.54 Å². The Morgan fingerprint density at radius 1 is 1.59 bits per heavy atom. The van der Waals surface area contributed by atoms with Crippen molar-refractivity contribution in [1.82, 2.24) is 10.2 Å². The fraction of sp³-hybridized carbons (Fsp3) is 0.462. The number of rotatable bonds is 2. The second-order valence-corrected chi connectivity index (χ2v) is 4.91. The summed E-state index contributed by atoms with van der Waals surface area (Å²) in [5.41, 5.74) is 1.03. The minimum Gasteiger partial charge on any atom is -0.334 e. The number of hydrogen-bond acceptors (Lipinski definition) is 1. The molecule has 0 radical (unpaired) electrons. The summed E-state index contributed by atoms with van der Waals surface area (Å²) < 4.78 is 0. The summed E-state index contributed by atoms with van der Waals surface area (Å²) in [5, 5.41) is 3.63. The van der Waals surface area contributed by atoms with E-state index in [9.17, 15) is 4.79 Å². The lowest BCUT2D eigenvalue weighted by Crippen LogP contribution is -2.41. The van der Waals surface area contributed by atoms with Gasteiger partial charge in [-0.1, -0.05) is 23.7 Å². The predicted molar refractivity (Wildman–Crippen MR) is 69.1 cm³/mol. The monoisotopic (exact) mass is 252 g/mol. The molecule has 2 rings (SSSR count). The van der Waals surface area contributed by atoms with E-state index >= 15 is 0 Å². The third kappa shape index (κ3) is 3.13. The van der Waals surface area contributed by atoms with Gasteiger partial charge in [-0.25, -0.2) is 4.79 Å². The molecule has 1 aliphatic heterocycles. The van der Waals surface area contributed by atoms with Gasteiger partial charge in [0.25, 0.3) is 0 Å². The second kappa shape index (κ2) is 5.41. The highest BCUT2D eigenvalue weighted by Crippen LogP contribution is 2.16.